The molecule has 0 bridgehead atoms. The maximum absolute atomic E-state index is 8.93. The van der Waals surface area contributed by atoms with Gasteiger partial charge in [-0.3, -0.25) is 4.98 Å². The van der Waals surface area contributed by atoms with Crippen molar-refractivity contribution in [3.63, 3.8) is 0 Å². The molecule has 0 fully saturated rings. The summed E-state index contributed by atoms with van der Waals surface area (Å²) in [7, 11) is 1.94. The standard InChI is InChI=1S/C11H12BrN3O/c1-15-9(4-6-16)14-11(12)10(15)8-3-2-5-13-7-8/h2-3,5,7,16H,4,6H2,1H3. The van der Waals surface area contributed by atoms with Crippen molar-refractivity contribution in [3.05, 3.63) is 35.0 Å². The quantitative estimate of drug-likeness (QED) is 0.933. The van der Waals surface area contributed by atoms with Gasteiger partial charge in [0.15, 0.2) is 0 Å². The van der Waals surface area contributed by atoms with Gasteiger partial charge < -0.3 is 9.67 Å². The molecular weight excluding hydrogens is 270 g/mol. The highest BCUT2D eigenvalue weighted by Gasteiger charge is 2.13. The van der Waals surface area contributed by atoms with E-state index in [-0.39, 0.29) is 6.61 Å². The highest BCUT2D eigenvalue weighted by Crippen LogP contribution is 2.27. The van der Waals surface area contributed by atoms with E-state index in [2.05, 4.69) is 25.9 Å². The predicted molar refractivity (Wildman–Crippen MR) is 64.9 cm³/mol. The number of imidazole rings is 1. The number of halogens is 1. The molecule has 0 aliphatic heterocycles. The van der Waals surface area contributed by atoms with Crippen LogP contribution in [-0.2, 0) is 13.5 Å². The van der Waals surface area contributed by atoms with Crippen LogP contribution < -0.4 is 0 Å². The SMILES string of the molecule is Cn1c(CCO)nc(Br)c1-c1cccnc1. The summed E-state index contributed by atoms with van der Waals surface area (Å²) >= 11 is 3.43. The number of aromatic nitrogens is 3. The molecule has 0 aliphatic carbocycles. The first-order valence-electron chi connectivity index (χ1n) is 4.96. The average molecular weight is 282 g/mol. The van der Waals surface area contributed by atoms with Crippen molar-refractivity contribution in [2.45, 2.75) is 6.42 Å². The van der Waals surface area contributed by atoms with Crippen molar-refractivity contribution in [2.24, 2.45) is 7.05 Å². The largest absolute Gasteiger partial charge is 0.396 e. The number of pyridine rings is 1. The van der Waals surface area contributed by atoms with E-state index < -0.39 is 0 Å². The van der Waals surface area contributed by atoms with Crippen LogP contribution in [0.3, 0.4) is 0 Å². The van der Waals surface area contributed by atoms with E-state index in [9.17, 15) is 0 Å². The molecule has 84 valence electrons. The van der Waals surface area contributed by atoms with Gasteiger partial charge in [-0.05, 0) is 28.1 Å². The lowest BCUT2D eigenvalue weighted by Crippen LogP contribution is -2.02. The van der Waals surface area contributed by atoms with E-state index in [4.69, 9.17) is 5.11 Å². The predicted octanol–water partition coefficient (Wildman–Crippen LogP) is 1.78. The minimum atomic E-state index is 0.101. The Kier molecular flexibility index (Phi) is 3.36. The second-order valence-electron chi connectivity index (χ2n) is 3.44. The van der Waals surface area contributed by atoms with Gasteiger partial charge in [-0.1, -0.05) is 0 Å². The van der Waals surface area contributed by atoms with E-state index in [0.717, 1.165) is 21.7 Å². The Hall–Kier alpha value is -1.20. The van der Waals surface area contributed by atoms with Crippen molar-refractivity contribution >= 4 is 15.9 Å². The van der Waals surface area contributed by atoms with E-state index in [1.165, 1.54) is 0 Å². The molecule has 0 aliphatic rings. The van der Waals surface area contributed by atoms with Gasteiger partial charge in [0.25, 0.3) is 0 Å². The zero-order valence-electron chi connectivity index (χ0n) is 8.89. The summed E-state index contributed by atoms with van der Waals surface area (Å²) < 4.78 is 2.75. The van der Waals surface area contributed by atoms with Crippen molar-refractivity contribution in [3.8, 4) is 11.3 Å². The molecule has 0 radical (unpaired) electrons. The fourth-order valence-corrected chi connectivity index (χ4v) is 2.35. The van der Waals surface area contributed by atoms with Gasteiger partial charge in [-0.2, -0.15) is 0 Å². The van der Waals surface area contributed by atoms with Crippen LogP contribution >= 0.6 is 15.9 Å². The van der Waals surface area contributed by atoms with Crippen LogP contribution in [0.1, 0.15) is 5.82 Å². The molecule has 0 unspecified atom stereocenters. The highest BCUT2D eigenvalue weighted by atomic mass is 79.9. The van der Waals surface area contributed by atoms with Gasteiger partial charge in [-0.25, -0.2) is 4.98 Å². The Labute approximate surface area is 102 Å². The average Bonchev–Trinajstić information content (AvgIpc) is 2.56. The molecule has 0 amide bonds. The fourth-order valence-electron chi connectivity index (χ4n) is 1.65. The number of hydrogen-bond acceptors (Lipinski definition) is 3. The third-order valence-corrected chi connectivity index (χ3v) is 2.97. The summed E-state index contributed by atoms with van der Waals surface area (Å²) in [6, 6.07) is 3.87. The molecule has 2 aromatic rings. The topological polar surface area (TPSA) is 50.9 Å². The molecule has 1 N–H and O–H groups in total. The van der Waals surface area contributed by atoms with Gasteiger partial charge in [-0.15, -0.1) is 0 Å². The Morgan fingerprint density at radius 1 is 1.50 bits per heavy atom. The number of hydrogen-bond donors (Lipinski definition) is 1. The van der Waals surface area contributed by atoms with Crippen LogP contribution in [0.15, 0.2) is 29.1 Å². The minimum Gasteiger partial charge on any atom is -0.396 e. The molecule has 0 saturated heterocycles. The van der Waals surface area contributed by atoms with E-state index in [1.54, 1.807) is 12.4 Å². The van der Waals surface area contributed by atoms with E-state index in [1.807, 2.05) is 23.7 Å². The van der Waals surface area contributed by atoms with E-state index in [0.29, 0.717) is 6.42 Å². The van der Waals surface area contributed by atoms with Gasteiger partial charge in [0.05, 0.1) is 12.3 Å². The Morgan fingerprint density at radius 2 is 2.31 bits per heavy atom. The lowest BCUT2D eigenvalue weighted by Gasteiger charge is -2.04. The zero-order valence-corrected chi connectivity index (χ0v) is 10.5. The monoisotopic (exact) mass is 281 g/mol. The van der Waals surface area contributed by atoms with Gasteiger partial charge in [0.2, 0.25) is 0 Å². The smallest absolute Gasteiger partial charge is 0.132 e. The summed E-state index contributed by atoms with van der Waals surface area (Å²) in [5, 5.41) is 8.93. The molecule has 2 rings (SSSR count). The van der Waals surface area contributed by atoms with Crippen LogP contribution in [0, 0.1) is 0 Å². The van der Waals surface area contributed by atoms with Gasteiger partial charge >= 0.3 is 0 Å². The highest BCUT2D eigenvalue weighted by molar-refractivity contribution is 9.10. The van der Waals surface area contributed by atoms with Crippen LogP contribution in [0.4, 0.5) is 0 Å². The van der Waals surface area contributed by atoms with Crippen molar-refractivity contribution in [2.75, 3.05) is 6.61 Å². The fraction of sp³-hybridized carbons (Fsp3) is 0.273. The maximum atomic E-state index is 8.93. The Balaban J connectivity index is 2.49. The van der Waals surface area contributed by atoms with Crippen LogP contribution in [0.25, 0.3) is 11.3 Å². The lowest BCUT2D eigenvalue weighted by molar-refractivity contribution is 0.295. The molecule has 0 spiro atoms. The summed E-state index contributed by atoms with van der Waals surface area (Å²) in [6.45, 7) is 0.101. The molecule has 5 heteroatoms. The molecule has 2 aromatic heterocycles. The first-order valence-corrected chi connectivity index (χ1v) is 5.75. The molecular formula is C11H12BrN3O. The first-order chi connectivity index (χ1) is 7.74. The lowest BCUT2D eigenvalue weighted by atomic mass is 10.2. The van der Waals surface area contributed by atoms with Crippen molar-refractivity contribution in [1.29, 1.82) is 0 Å². The number of rotatable bonds is 3. The van der Waals surface area contributed by atoms with Crippen LogP contribution in [0.5, 0.6) is 0 Å². The molecule has 0 saturated carbocycles. The third kappa shape index (κ3) is 2.01. The third-order valence-electron chi connectivity index (χ3n) is 2.42. The van der Waals surface area contributed by atoms with E-state index >= 15 is 0 Å². The normalized spacial score (nSPS) is 10.7. The maximum Gasteiger partial charge on any atom is 0.132 e. The molecule has 2 heterocycles. The van der Waals surface area contributed by atoms with Crippen molar-refractivity contribution in [1.82, 2.24) is 14.5 Å². The van der Waals surface area contributed by atoms with Gasteiger partial charge in [0, 0.05) is 31.4 Å². The Morgan fingerprint density at radius 3 is 2.94 bits per heavy atom. The molecule has 4 nitrogen and oxygen atoms in total. The second kappa shape index (κ2) is 4.76. The van der Waals surface area contributed by atoms with Gasteiger partial charge in [0.1, 0.15) is 10.4 Å². The summed E-state index contributed by atoms with van der Waals surface area (Å²) in [5.74, 6) is 0.855. The summed E-state index contributed by atoms with van der Waals surface area (Å²) in [4.78, 5) is 8.46. The zero-order chi connectivity index (χ0) is 11.5. The summed E-state index contributed by atoms with van der Waals surface area (Å²) in [6.07, 6.45) is 4.09. The molecule has 16 heavy (non-hydrogen) atoms. The second-order valence-corrected chi connectivity index (χ2v) is 4.19. The summed E-state index contributed by atoms with van der Waals surface area (Å²) in [5.41, 5.74) is 1.99. The number of nitrogens with zero attached hydrogens (tertiary/aromatic N) is 3. The molecule has 0 atom stereocenters. The van der Waals surface area contributed by atoms with Crippen molar-refractivity contribution < 1.29 is 5.11 Å². The molecule has 0 aromatic carbocycles. The Bertz CT molecular complexity index is 481. The minimum absolute atomic E-state index is 0.101. The van der Waals surface area contributed by atoms with Crippen LogP contribution in [-0.4, -0.2) is 26.2 Å². The number of aliphatic hydroxyl groups is 1. The number of aliphatic hydroxyl groups excluding tert-OH is 1. The van der Waals surface area contributed by atoms with Crippen LogP contribution in [0.2, 0.25) is 0 Å². The first kappa shape index (κ1) is 11.3.